The van der Waals surface area contributed by atoms with Crippen molar-refractivity contribution in [1.82, 2.24) is 4.90 Å². The Labute approximate surface area is 169 Å². The van der Waals surface area contributed by atoms with Crippen molar-refractivity contribution < 1.29 is 14.3 Å². The lowest BCUT2D eigenvalue weighted by atomic mass is 10.1. The number of nitrogens with zero attached hydrogens (tertiary/aromatic N) is 2. The Balaban J connectivity index is 1.77. The molecule has 6 heteroatoms. The van der Waals surface area contributed by atoms with Crippen molar-refractivity contribution in [2.45, 2.75) is 18.7 Å². The smallest absolute Gasteiger partial charge is 0.283 e. The van der Waals surface area contributed by atoms with Crippen molar-refractivity contribution in [3.05, 3.63) is 70.3 Å². The fourth-order valence-corrected chi connectivity index (χ4v) is 4.48. The first-order chi connectivity index (χ1) is 13.6. The molecule has 2 aromatic rings. The van der Waals surface area contributed by atoms with Gasteiger partial charge in [0.2, 0.25) is 0 Å². The summed E-state index contributed by atoms with van der Waals surface area (Å²) in [6, 6.07) is 15.4. The van der Waals surface area contributed by atoms with Gasteiger partial charge in [0.15, 0.2) is 0 Å². The third-order valence-electron chi connectivity index (χ3n) is 5.13. The van der Waals surface area contributed by atoms with Crippen molar-refractivity contribution in [1.29, 1.82) is 0 Å². The molecular formula is C22H22N2O3S. The van der Waals surface area contributed by atoms with Crippen molar-refractivity contribution in [2.24, 2.45) is 0 Å². The van der Waals surface area contributed by atoms with Crippen LogP contribution in [-0.4, -0.2) is 43.0 Å². The number of carbonyl (C=O) groups excluding carboxylic acids is 2. The monoisotopic (exact) mass is 394 g/mol. The van der Waals surface area contributed by atoms with Crippen LogP contribution >= 0.6 is 11.8 Å². The Bertz CT molecular complexity index is 950. The Morgan fingerprint density at radius 3 is 2.32 bits per heavy atom. The predicted octanol–water partition coefficient (Wildman–Crippen LogP) is 3.51. The van der Waals surface area contributed by atoms with E-state index in [-0.39, 0.29) is 11.8 Å². The highest BCUT2D eigenvalue weighted by Gasteiger charge is 2.43. The number of imide groups is 1. The van der Waals surface area contributed by atoms with Crippen molar-refractivity contribution in [3.63, 3.8) is 0 Å². The van der Waals surface area contributed by atoms with Gasteiger partial charge in [0.05, 0.1) is 18.9 Å². The van der Waals surface area contributed by atoms with E-state index in [0.717, 1.165) is 16.0 Å². The lowest BCUT2D eigenvalue weighted by Gasteiger charge is -2.29. The molecule has 0 atom stereocenters. The van der Waals surface area contributed by atoms with Crippen LogP contribution in [0.15, 0.2) is 64.0 Å². The summed E-state index contributed by atoms with van der Waals surface area (Å²) in [5.41, 5.74) is 3.14. The summed E-state index contributed by atoms with van der Waals surface area (Å²) in [5.74, 6) is -0.506. The number of benzene rings is 2. The highest BCUT2D eigenvalue weighted by atomic mass is 32.2. The van der Waals surface area contributed by atoms with Crippen molar-refractivity contribution in [2.75, 3.05) is 31.2 Å². The summed E-state index contributed by atoms with van der Waals surface area (Å²) in [4.78, 5) is 31.6. The Morgan fingerprint density at radius 2 is 1.61 bits per heavy atom. The van der Waals surface area contributed by atoms with Gasteiger partial charge in [-0.05, 0) is 43.2 Å². The molecule has 0 aromatic heterocycles. The van der Waals surface area contributed by atoms with Crippen LogP contribution in [0.4, 0.5) is 5.69 Å². The van der Waals surface area contributed by atoms with E-state index in [9.17, 15) is 9.59 Å². The van der Waals surface area contributed by atoms with Gasteiger partial charge >= 0.3 is 0 Å². The Hall–Kier alpha value is -2.57. The van der Waals surface area contributed by atoms with Gasteiger partial charge in [-0.2, -0.15) is 0 Å². The molecule has 5 nitrogen and oxygen atoms in total. The van der Waals surface area contributed by atoms with Crippen LogP contribution in [0, 0.1) is 13.8 Å². The molecule has 2 aliphatic rings. The molecule has 0 bridgehead atoms. The average molecular weight is 394 g/mol. The molecule has 2 heterocycles. The third-order valence-corrected chi connectivity index (χ3v) is 6.21. The van der Waals surface area contributed by atoms with E-state index in [1.54, 1.807) is 0 Å². The van der Waals surface area contributed by atoms with Gasteiger partial charge in [-0.15, -0.1) is 0 Å². The zero-order chi connectivity index (χ0) is 19.7. The number of amides is 2. The van der Waals surface area contributed by atoms with E-state index in [4.69, 9.17) is 4.74 Å². The average Bonchev–Trinajstić information content (AvgIpc) is 2.95. The molecular weight excluding hydrogens is 372 g/mol. The van der Waals surface area contributed by atoms with Gasteiger partial charge < -0.3 is 9.64 Å². The fraction of sp³-hybridized carbons (Fsp3) is 0.273. The summed E-state index contributed by atoms with van der Waals surface area (Å²) < 4.78 is 5.44. The normalized spacial score (nSPS) is 17.6. The maximum atomic E-state index is 13.4. The molecule has 0 aliphatic carbocycles. The number of morpholine rings is 1. The number of ether oxygens (including phenoxy) is 1. The molecule has 0 unspecified atom stereocenters. The molecule has 1 saturated heterocycles. The van der Waals surface area contributed by atoms with E-state index in [1.165, 1.54) is 16.7 Å². The molecule has 2 aromatic carbocycles. The van der Waals surface area contributed by atoms with E-state index < -0.39 is 0 Å². The summed E-state index contributed by atoms with van der Waals surface area (Å²) in [7, 11) is 0. The van der Waals surface area contributed by atoms with Gasteiger partial charge in [0, 0.05) is 18.0 Å². The predicted molar refractivity (Wildman–Crippen MR) is 110 cm³/mol. The number of hydrogen-bond donors (Lipinski definition) is 0. The molecule has 0 saturated carbocycles. The standard InChI is InChI=1S/C22H22N2O3S/c1-15-7-6-10-18(16(15)2)24-21(25)19(23-11-13-27-14-12-23)20(22(24)26)28-17-8-4-3-5-9-17/h3-10H,11-14H2,1-2H3. The Kier molecular flexibility index (Phi) is 5.24. The number of thioether (sulfide) groups is 1. The van der Waals surface area contributed by atoms with Gasteiger partial charge in [0.1, 0.15) is 10.6 Å². The van der Waals surface area contributed by atoms with Crippen LogP contribution in [0.25, 0.3) is 0 Å². The second kappa shape index (κ2) is 7.81. The summed E-state index contributed by atoms with van der Waals surface area (Å²) in [6.07, 6.45) is 0. The summed E-state index contributed by atoms with van der Waals surface area (Å²) >= 11 is 1.36. The van der Waals surface area contributed by atoms with Gasteiger partial charge in [0.25, 0.3) is 11.8 Å². The van der Waals surface area contributed by atoms with Gasteiger partial charge in [-0.25, -0.2) is 4.90 Å². The minimum absolute atomic E-state index is 0.251. The maximum absolute atomic E-state index is 13.4. The lowest BCUT2D eigenvalue weighted by Crippen LogP contribution is -2.40. The second-order valence-corrected chi connectivity index (χ2v) is 7.94. The van der Waals surface area contributed by atoms with Crippen LogP contribution in [0.5, 0.6) is 0 Å². The Morgan fingerprint density at radius 1 is 0.893 bits per heavy atom. The van der Waals surface area contributed by atoms with Crippen molar-refractivity contribution in [3.8, 4) is 0 Å². The molecule has 4 rings (SSSR count). The molecule has 0 radical (unpaired) electrons. The molecule has 144 valence electrons. The van der Waals surface area contributed by atoms with E-state index in [2.05, 4.69) is 0 Å². The van der Waals surface area contributed by atoms with Crippen LogP contribution in [0.2, 0.25) is 0 Å². The fourth-order valence-electron chi connectivity index (χ4n) is 3.46. The van der Waals surface area contributed by atoms with Crippen LogP contribution in [0.1, 0.15) is 11.1 Å². The van der Waals surface area contributed by atoms with E-state index in [1.807, 2.05) is 67.3 Å². The maximum Gasteiger partial charge on any atom is 0.283 e. The highest BCUT2D eigenvalue weighted by molar-refractivity contribution is 8.04. The number of carbonyl (C=O) groups is 2. The molecule has 2 amide bonds. The first-order valence-corrected chi connectivity index (χ1v) is 10.1. The first-order valence-electron chi connectivity index (χ1n) is 9.33. The largest absolute Gasteiger partial charge is 0.378 e. The summed E-state index contributed by atoms with van der Waals surface area (Å²) in [6.45, 7) is 6.25. The van der Waals surface area contributed by atoms with Gasteiger partial charge in [-0.3, -0.25) is 9.59 Å². The van der Waals surface area contributed by atoms with E-state index in [0.29, 0.717) is 42.6 Å². The zero-order valence-electron chi connectivity index (χ0n) is 16.0. The number of anilines is 1. The van der Waals surface area contributed by atoms with Crippen LogP contribution in [0.3, 0.4) is 0 Å². The highest BCUT2D eigenvalue weighted by Crippen LogP contribution is 2.39. The minimum atomic E-state index is -0.256. The molecule has 2 aliphatic heterocycles. The number of aryl methyl sites for hydroxylation is 1. The van der Waals surface area contributed by atoms with E-state index >= 15 is 0 Å². The quantitative estimate of drug-likeness (QED) is 0.743. The number of hydrogen-bond acceptors (Lipinski definition) is 5. The van der Waals surface area contributed by atoms with Crippen molar-refractivity contribution >= 4 is 29.3 Å². The molecule has 0 N–H and O–H groups in total. The lowest BCUT2D eigenvalue weighted by molar-refractivity contribution is -0.121. The second-order valence-electron chi connectivity index (χ2n) is 6.86. The molecule has 0 spiro atoms. The van der Waals surface area contributed by atoms with Gasteiger partial charge in [-0.1, -0.05) is 42.1 Å². The number of rotatable bonds is 4. The third kappa shape index (κ3) is 3.34. The molecule has 1 fully saturated rings. The first kappa shape index (κ1) is 18.8. The van der Waals surface area contributed by atoms with Crippen LogP contribution in [-0.2, 0) is 14.3 Å². The molecule has 28 heavy (non-hydrogen) atoms. The SMILES string of the molecule is Cc1cccc(N2C(=O)C(Sc3ccccc3)=C(N3CCOCC3)C2=O)c1C. The topological polar surface area (TPSA) is 49.9 Å². The summed E-state index contributed by atoms with van der Waals surface area (Å²) in [5, 5.41) is 0. The zero-order valence-corrected chi connectivity index (χ0v) is 16.8. The van der Waals surface area contributed by atoms with Crippen LogP contribution < -0.4 is 4.90 Å². The minimum Gasteiger partial charge on any atom is -0.378 e.